The quantitative estimate of drug-likeness (QED) is 0.284. The first-order valence-electron chi connectivity index (χ1n) is 12.4. The summed E-state index contributed by atoms with van der Waals surface area (Å²) in [7, 11) is 0. The van der Waals surface area contributed by atoms with Crippen LogP contribution >= 0.6 is 0 Å². The van der Waals surface area contributed by atoms with Crippen molar-refractivity contribution >= 4 is 40.4 Å². The average molecular weight is 555 g/mol. The number of fused-ring (bicyclic) bond motifs is 1. The first-order valence-corrected chi connectivity index (χ1v) is 12.4. The summed E-state index contributed by atoms with van der Waals surface area (Å²) in [5, 5.41) is 13.5. The second-order valence-corrected chi connectivity index (χ2v) is 8.78. The highest BCUT2D eigenvalue weighted by Crippen LogP contribution is 2.38. The minimum absolute atomic E-state index is 0.225. The Balaban J connectivity index is 0.000000559. The second kappa shape index (κ2) is 12.9. The van der Waals surface area contributed by atoms with E-state index in [1.165, 1.54) is 5.56 Å². The van der Waals surface area contributed by atoms with Crippen molar-refractivity contribution in [2.45, 2.75) is 26.6 Å². The maximum atomic E-state index is 13.1. The van der Waals surface area contributed by atoms with Gasteiger partial charge >= 0.3 is 12.1 Å². The molecule has 0 spiro atoms. The molecule has 8 nitrogen and oxygen atoms in total. The lowest BCUT2D eigenvalue weighted by Gasteiger charge is -2.19. The molecule has 1 heterocycles. The number of anilines is 2. The number of rotatable bonds is 8. The minimum Gasteiger partial charge on any atom is -0.475 e. The third-order valence-electron chi connectivity index (χ3n) is 6.10. The number of hydrogen-bond acceptors (Lipinski definition) is 5. The van der Waals surface area contributed by atoms with Gasteiger partial charge in [-0.3, -0.25) is 14.5 Å². The Morgan fingerprint density at radius 2 is 1.60 bits per heavy atom. The fourth-order valence-electron chi connectivity index (χ4n) is 4.06. The van der Waals surface area contributed by atoms with Gasteiger partial charge in [0.05, 0.1) is 11.3 Å². The number of nitrogens with one attached hydrogen (secondary N) is 2. The highest BCUT2D eigenvalue weighted by molar-refractivity contribution is 6.37. The lowest BCUT2D eigenvalue weighted by atomic mass is 9.99. The van der Waals surface area contributed by atoms with Gasteiger partial charge in [-0.15, -0.1) is 0 Å². The van der Waals surface area contributed by atoms with Crippen LogP contribution in [0.4, 0.5) is 24.5 Å². The number of nitrogens with two attached hydrogens (primary N) is 1. The molecule has 210 valence electrons. The Labute approximate surface area is 229 Å². The fourth-order valence-corrected chi connectivity index (χ4v) is 4.06. The van der Waals surface area contributed by atoms with E-state index in [0.29, 0.717) is 22.5 Å². The summed E-state index contributed by atoms with van der Waals surface area (Å²) in [4.78, 5) is 35.9. The van der Waals surface area contributed by atoms with Gasteiger partial charge in [-0.1, -0.05) is 62.4 Å². The van der Waals surface area contributed by atoms with E-state index < -0.39 is 18.1 Å². The number of alkyl halides is 3. The molecule has 3 aromatic rings. The van der Waals surface area contributed by atoms with Crippen molar-refractivity contribution in [3.63, 3.8) is 0 Å². The SMILES string of the molecule is CCN(CC)Cc1cccc(NC(=C2C(=O)Nc3cc(C(N)=O)ccc32)c2ccccc2)c1.O=C(O)C(F)(F)F. The Morgan fingerprint density at radius 3 is 2.17 bits per heavy atom. The molecule has 1 aliphatic rings. The van der Waals surface area contributed by atoms with E-state index in [1.54, 1.807) is 18.2 Å². The molecule has 0 aromatic heterocycles. The molecule has 0 aliphatic carbocycles. The van der Waals surface area contributed by atoms with Gasteiger partial charge in [-0.2, -0.15) is 13.2 Å². The molecule has 11 heteroatoms. The molecule has 3 aromatic carbocycles. The molecule has 4 rings (SSSR count). The smallest absolute Gasteiger partial charge is 0.475 e. The Hall–Kier alpha value is -4.64. The van der Waals surface area contributed by atoms with Crippen LogP contribution in [0.3, 0.4) is 0 Å². The fraction of sp³-hybridized carbons (Fsp3) is 0.207. The summed E-state index contributed by atoms with van der Waals surface area (Å²) >= 11 is 0. The lowest BCUT2D eigenvalue weighted by Crippen LogP contribution is -2.22. The molecule has 0 unspecified atom stereocenters. The molecule has 0 saturated heterocycles. The van der Waals surface area contributed by atoms with Crippen molar-refractivity contribution in [3.8, 4) is 0 Å². The third kappa shape index (κ3) is 7.48. The van der Waals surface area contributed by atoms with Gasteiger partial charge in [0.1, 0.15) is 0 Å². The first kappa shape index (κ1) is 29.9. The molecule has 0 saturated carbocycles. The summed E-state index contributed by atoms with van der Waals surface area (Å²) in [6, 6.07) is 23.1. The third-order valence-corrected chi connectivity index (χ3v) is 6.10. The molecule has 0 atom stereocenters. The molecule has 0 radical (unpaired) electrons. The average Bonchev–Trinajstić information content (AvgIpc) is 3.25. The van der Waals surface area contributed by atoms with Crippen LogP contribution in [0.2, 0.25) is 0 Å². The molecule has 0 bridgehead atoms. The van der Waals surface area contributed by atoms with Gasteiger partial charge in [0.2, 0.25) is 5.91 Å². The van der Waals surface area contributed by atoms with Gasteiger partial charge in [0, 0.05) is 29.0 Å². The van der Waals surface area contributed by atoms with Crippen LogP contribution < -0.4 is 16.4 Å². The number of carbonyl (C=O) groups excluding carboxylic acids is 2. The maximum Gasteiger partial charge on any atom is 0.490 e. The molecule has 40 heavy (non-hydrogen) atoms. The lowest BCUT2D eigenvalue weighted by molar-refractivity contribution is -0.192. The van der Waals surface area contributed by atoms with E-state index in [2.05, 4.69) is 41.5 Å². The molecule has 2 amide bonds. The monoisotopic (exact) mass is 554 g/mol. The molecule has 0 fully saturated rings. The summed E-state index contributed by atoms with van der Waals surface area (Å²) in [6.45, 7) is 7.14. The summed E-state index contributed by atoms with van der Waals surface area (Å²) in [6.07, 6.45) is -5.08. The van der Waals surface area contributed by atoms with E-state index in [9.17, 15) is 22.8 Å². The Bertz CT molecular complexity index is 1420. The van der Waals surface area contributed by atoms with Gasteiger partial charge < -0.3 is 21.5 Å². The molecular formula is C29H29F3N4O4. The van der Waals surface area contributed by atoms with E-state index in [0.717, 1.165) is 36.4 Å². The van der Waals surface area contributed by atoms with E-state index in [1.807, 2.05) is 42.5 Å². The number of hydrogen-bond donors (Lipinski definition) is 4. The number of amides is 2. The highest BCUT2D eigenvalue weighted by Gasteiger charge is 2.38. The van der Waals surface area contributed by atoms with Crippen molar-refractivity contribution in [1.82, 2.24) is 4.90 Å². The van der Waals surface area contributed by atoms with Gasteiger partial charge in [-0.25, -0.2) is 4.79 Å². The topological polar surface area (TPSA) is 125 Å². The summed E-state index contributed by atoms with van der Waals surface area (Å²) in [5.41, 5.74) is 11.3. The van der Waals surface area contributed by atoms with Gasteiger partial charge in [0.15, 0.2) is 0 Å². The van der Waals surface area contributed by atoms with Crippen LogP contribution in [0.1, 0.15) is 40.9 Å². The highest BCUT2D eigenvalue weighted by atomic mass is 19.4. The number of nitrogens with zero attached hydrogens (tertiary/aromatic N) is 1. The number of carbonyl (C=O) groups is 3. The number of carboxylic acids is 1. The minimum atomic E-state index is -5.08. The van der Waals surface area contributed by atoms with Gasteiger partial charge in [-0.05, 0) is 48.5 Å². The number of benzene rings is 3. The van der Waals surface area contributed by atoms with Crippen LogP contribution in [0, 0.1) is 0 Å². The molecule has 5 N–H and O–H groups in total. The Kier molecular flexibility index (Phi) is 9.68. The van der Waals surface area contributed by atoms with E-state index in [-0.39, 0.29) is 5.91 Å². The van der Waals surface area contributed by atoms with Crippen LogP contribution in [-0.2, 0) is 16.1 Å². The zero-order valence-corrected chi connectivity index (χ0v) is 21.9. The van der Waals surface area contributed by atoms with Gasteiger partial charge in [0.25, 0.3) is 5.91 Å². The van der Waals surface area contributed by atoms with Crippen molar-refractivity contribution in [2.75, 3.05) is 23.7 Å². The van der Waals surface area contributed by atoms with Crippen LogP contribution in [-0.4, -0.2) is 47.1 Å². The zero-order valence-electron chi connectivity index (χ0n) is 21.9. The number of halogens is 3. The van der Waals surface area contributed by atoms with E-state index >= 15 is 0 Å². The van der Waals surface area contributed by atoms with E-state index in [4.69, 9.17) is 15.6 Å². The van der Waals surface area contributed by atoms with Crippen molar-refractivity contribution in [3.05, 3.63) is 95.1 Å². The van der Waals surface area contributed by atoms with Crippen LogP contribution in [0.25, 0.3) is 11.3 Å². The van der Waals surface area contributed by atoms with Crippen LogP contribution in [0.5, 0.6) is 0 Å². The maximum absolute atomic E-state index is 13.1. The predicted octanol–water partition coefficient (Wildman–Crippen LogP) is 5.19. The number of aliphatic carboxylic acids is 1. The van der Waals surface area contributed by atoms with Crippen molar-refractivity contribution < 1.29 is 32.7 Å². The summed E-state index contributed by atoms with van der Waals surface area (Å²) < 4.78 is 31.7. The second-order valence-electron chi connectivity index (χ2n) is 8.78. The van der Waals surface area contributed by atoms with Crippen LogP contribution in [0.15, 0.2) is 72.8 Å². The van der Waals surface area contributed by atoms with Crippen molar-refractivity contribution in [2.24, 2.45) is 5.73 Å². The largest absolute Gasteiger partial charge is 0.490 e. The molecular weight excluding hydrogens is 525 g/mol. The zero-order chi connectivity index (χ0) is 29.4. The predicted molar refractivity (Wildman–Crippen MR) is 147 cm³/mol. The molecule has 1 aliphatic heterocycles. The normalized spacial score (nSPS) is 13.6. The van der Waals surface area contributed by atoms with Crippen molar-refractivity contribution in [1.29, 1.82) is 0 Å². The first-order chi connectivity index (χ1) is 18.9. The standard InChI is InChI=1S/C27H28N4O2.C2HF3O2/c1-3-31(4-2)17-18-9-8-12-21(15-18)29-25(19-10-6-5-7-11-19)24-22-14-13-20(26(28)32)16-23(22)30-27(24)33;3-2(4,5)1(6)7/h5-16,29H,3-4,17H2,1-2H3,(H2,28,32)(H,30,33);(H,6,7). The Morgan fingerprint density at radius 1 is 0.950 bits per heavy atom. The number of primary amides is 1. The number of carboxylic acid groups (broad SMARTS) is 1. The summed E-state index contributed by atoms with van der Waals surface area (Å²) in [5.74, 6) is -3.51.